The van der Waals surface area contributed by atoms with E-state index in [0.717, 1.165) is 16.6 Å². The number of rotatable bonds is 4. The van der Waals surface area contributed by atoms with Gasteiger partial charge in [-0.2, -0.15) is 0 Å². The van der Waals surface area contributed by atoms with Crippen molar-refractivity contribution in [1.82, 2.24) is 0 Å². The van der Waals surface area contributed by atoms with E-state index in [2.05, 4.69) is 48.9 Å². The molecule has 0 saturated carbocycles. The first kappa shape index (κ1) is 16.5. The monoisotopic (exact) mass is 345 g/mol. The van der Waals surface area contributed by atoms with Crippen molar-refractivity contribution >= 4 is 39.1 Å². The molecule has 0 heterocycles. The molecule has 106 valence electrons. The van der Waals surface area contributed by atoms with Gasteiger partial charge in [0.1, 0.15) is 0 Å². The molecule has 19 heavy (non-hydrogen) atoms. The van der Waals surface area contributed by atoms with Crippen molar-refractivity contribution in [2.24, 2.45) is 11.3 Å². The molecule has 0 bridgehead atoms. The Morgan fingerprint density at radius 3 is 2.58 bits per heavy atom. The van der Waals surface area contributed by atoms with Gasteiger partial charge in [-0.1, -0.05) is 39.3 Å². The molecule has 1 unspecified atom stereocenters. The summed E-state index contributed by atoms with van der Waals surface area (Å²) in [5.74, 6) is 0.408. The van der Waals surface area contributed by atoms with E-state index in [1.165, 1.54) is 0 Å². The zero-order valence-electron chi connectivity index (χ0n) is 11.9. The lowest BCUT2D eigenvalue weighted by molar-refractivity contribution is -0.117. The smallest absolute Gasteiger partial charge is 0.224 e. The fraction of sp³-hybridized carbons (Fsp3) is 0.533. The second-order valence-electron chi connectivity index (χ2n) is 6.25. The van der Waals surface area contributed by atoms with E-state index in [9.17, 15) is 4.79 Å². The van der Waals surface area contributed by atoms with Gasteiger partial charge in [0.05, 0.1) is 5.69 Å². The van der Waals surface area contributed by atoms with E-state index in [1.807, 2.05) is 0 Å². The highest BCUT2D eigenvalue weighted by molar-refractivity contribution is 9.10. The molecule has 0 spiro atoms. The Morgan fingerprint density at radius 1 is 1.42 bits per heavy atom. The van der Waals surface area contributed by atoms with Crippen LogP contribution in [0.15, 0.2) is 22.7 Å². The molecule has 0 saturated heterocycles. The maximum atomic E-state index is 12.0. The normalized spacial score (nSPS) is 13.2. The summed E-state index contributed by atoms with van der Waals surface area (Å²) in [6.07, 6.45) is 1.56. The average molecular weight is 347 g/mol. The van der Waals surface area contributed by atoms with Gasteiger partial charge in [-0.3, -0.25) is 4.79 Å². The Kier molecular flexibility index (Phi) is 5.87. The lowest BCUT2D eigenvalue weighted by Crippen LogP contribution is -2.19. The first-order valence-electron chi connectivity index (χ1n) is 6.42. The lowest BCUT2D eigenvalue weighted by atomic mass is 9.84. The van der Waals surface area contributed by atoms with Crippen LogP contribution < -0.4 is 5.32 Å². The molecule has 1 amide bonds. The van der Waals surface area contributed by atoms with Crippen molar-refractivity contribution in [1.29, 1.82) is 0 Å². The summed E-state index contributed by atoms with van der Waals surface area (Å²) < 4.78 is 0.803. The number of benzene rings is 1. The van der Waals surface area contributed by atoms with Gasteiger partial charge in [0, 0.05) is 15.9 Å². The van der Waals surface area contributed by atoms with Crippen molar-refractivity contribution in [3.63, 3.8) is 0 Å². The Hall–Kier alpha value is -0.540. The van der Waals surface area contributed by atoms with E-state index in [1.54, 1.807) is 18.2 Å². The second kappa shape index (κ2) is 6.76. The zero-order chi connectivity index (χ0) is 14.6. The fourth-order valence-electron chi connectivity index (χ4n) is 2.23. The molecule has 0 aliphatic carbocycles. The number of halogens is 2. The number of hydrogen-bond acceptors (Lipinski definition) is 1. The fourth-order valence-corrected chi connectivity index (χ4v) is 3.01. The third-order valence-corrected chi connectivity index (χ3v) is 3.59. The summed E-state index contributed by atoms with van der Waals surface area (Å²) in [4.78, 5) is 12.0. The maximum Gasteiger partial charge on any atom is 0.224 e. The quantitative estimate of drug-likeness (QED) is 0.766. The van der Waals surface area contributed by atoms with E-state index in [4.69, 9.17) is 11.6 Å². The SMILES string of the molecule is CC(CC(=O)Nc1ccc(Cl)cc1Br)CC(C)(C)C. The van der Waals surface area contributed by atoms with Crippen LogP contribution in [0.5, 0.6) is 0 Å². The van der Waals surface area contributed by atoms with Gasteiger partial charge in [0.15, 0.2) is 0 Å². The van der Waals surface area contributed by atoms with Gasteiger partial charge < -0.3 is 5.32 Å². The molecule has 0 aliphatic heterocycles. The molecule has 1 N–H and O–H groups in total. The third kappa shape index (κ3) is 6.44. The minimum atomic E-state index is 0.0415. The maximum absolute atomic E-state index is 12.0. The molecule has 4 heteroatoms. The van der Waals surface area contributed by atoms with Crippen molar-refractivity contribution in [3.8, 4) is 0 Å². The Morgan fingerprint density at radius 2 is 2.05 bits per heavy atom. The number of anilines is 1. The number of nitrogens with one attached hydrogen (secondary N) is 1. The highest BCUT2D eigenvalue weighted by Gasteiger charge is 2.18. The van der Waals surface area contributed by atoms with Gasteiger partial charge in [-0.15, -0.1) is 0 Å². The van der Waals surface area contributed by atoms with Crippen LogP contribution in [-0.2, 0) is 4.79 Å². The van der Waals surface area contributed by atoms with E-state index in [0.29, 0.717) is 17.4 Å². The molecule has 0 radical (unpaired) electrons. The molecule has 1 aromatic rings. The summed E-state index contributed by atoms with van der Waals surface area (Å²) in [7, 11) is 0. The number of hydrogen-bond donors (Lipinski definition) is 1. The summed E-state index contributed by atoms with van der Waals surface area (Å²) in [5.41, 5.74) is 1.01. The average Bonchev–Trinajstić information content (AvgIpc) is 2.19. The minimum absolute atomic E-state index is 0.0415. The Balaban J connectivity index is 2.56. The van der Waals surface area contributed by atoms with Crippen molar-refractivity contribution in [3.05, 3.63) is 27.7 Å². The number of amides is 1. The third-order valence-electron chi connectivity index (χ3n) is 2.70. The van der Waals surface area contributed by atoms with E-state index < -0.39 is 0 Å². The standard InChI is InChI=1S/C15H21BrClNO/c1-10(9-15(2,3)4)7-14(19)18-13-6-5-11(17)8-12(13)16/h5-6,8,10H,7,9H2,1-4H3,(H,18,19). The molecule has 2 nitrogen and oxygen atoms in total. The predicted octanol–water partition coefficient (Wildman–Crippen LogP) is 5.50. The van der Waals surface area contributed by atoms with Crippen molar-refractivity contribution in [2.75, 3.05) is 5.32 Å². The summed E-state index contributed by atoms with van der Waals surface area (Å²) >= 11 is 9.26. The minimum Gasteiger partial charge on any atom is -0.325 e. The van der Waals surface area contributed by atoms with Crippen LogP contribution >= 0.6 is 27.5 Å². The highest BCUT2D eigenvalue weighted by atomic mass is 79.9. The van der Waals surface area contributed by atoms with Gasteiger partial charge in [-0.25, -0.2) is 0 Å². The molecule has 0 aromatic heterocycles. The topological polar surface area (TPSA) is 29.1 Å². The van der Waals surface area contributed by atoms with E-state index >= 15 is 0 Å². The predicted molar refractivity (Wildman–Crippen MR) is 85.6 cm³/mol. The summed E-state index contributed by atoms with van der Waals surface area (Å²) in [6, 6.07) is 5.34. The van der Waals surface area contributed by atoms with Crippen molar-refractivity contribution < 1.29 is 4.79 Å². The first-order valence-corrected chi connectivity index (χ1v) is 7.59. The molecule has 1 rings (SSSR count). The van der Waals surface area contributed by atoms with Crippen LogP contribution in [-0.4, -0.2) is 5.91 Å². The Bertz CT molecular complexity index is 454. The van der Waals surface area contributed by atoms with Crippen LogP contribution in [0.1, 0.15) is 40.5 Å². The van der Waals surface area contributed by atoms with Crippen LogP contribution in [0.3, 0.4) is 0 Å². The Labute approximate surface area is 129 Å². The molecule has 0 fully saturated rings. The summed E-state index contributed by atoms with van der Waals surface area (Å²) in [5, 5.41) is 3.55. The summed E-state index contributed by atoms with van der Waals surface area (Å²) in [6.45, 7) is 8.69. The lowest BCUT2D eigenvalue weighted by Gasteiger charge is -2.22. The largest absolute Gasteiger partial charge is 0.325 e. The van der Waals surface area contributed by atoms with E-state index in [-0.39, 0.29) is 11.3 Å². The molecular formula is C15H21BrClNO. The van der Waals surface area contributed by atoms with Gasteiger partial charge >= 0.3 is 0 Å². The van der Waals surface area contributed by atoms with Crippen molar-refractivity contribution in [2.45, 2.75) is 40.5 Å². The van der Waals surface area contributed by atoms with Gasteiger partial charge in [0.25, 0.3) is 0 Å². The number of carbonyl (C=O) groups excluding carboxylic acids is 1. The second-order valence-corrected chi connectivity index (χ2v) is 7.54. The molecule has 1 atom stereocenters. The van der Waals surface area contributed by atoms with Crippen LogP contribution in [0, 0.1) is 11.3 Å². The number of carbonyl (C=O) groups is 1. The van der Waals surface area contributed by atoms with Crippen LogP contribution in [0.25, 0.3) is 0 Å². The van der Waals surface area contributed by atoms with Gasteiger partial charge in [0.2, 0.25) is 5.91 Å². The zero-order valence-corrected chi connectivity index (χ0v) is 14.2. The molecule has 1 aromatic carbocycles. The molecular weight excluding hydrogens is 326 g/mol. The molecule has 0 aliphatic rings. The first-order chi connectivity index (χ1) is 8.67. The van der Waals surface area contributed by atoms with Crippen LogP contribution in [0.2, 0.25) is 5.02 Å². The van der Waals surface area contributed by atoms with Crippen LogP contribution in [0.4, 0.5) is 5.69 Å². The highest BCUT2D eigenvalue weighted by Crippen LogP contribution is 2.28. The van der Waals surface area contributed by atoms with Gasteiger partial charge in [-0.05, 0) is 51.9 Å².